The van der Waals surface area contributed by atoms with Crippen molar-refractivity contribution in [2.24, 2.45) is 0 Å². The summed E-state index contributed by atoms with van der Waals surface area (Å²) in [6.07, 6.45) is 0.199. The molecule has 0 atom stereocenters. The van der Waals surface area contributed by atoms with Crippen molar-refractivity contribution in [2.45, 2.75) is 6.42 Å². The second kappa shape index (κ2) is 5.32. The molecule has 1 aromatic carbocycles. The van der Waals surface area contributed by atoms with Crippen molar-refractivity contribution in [2.75, 3.05) is 7.11 Å². The molecule has 0 heterocycles. The van der Waals surface area contributed by atoms with E-state index >= 15 is 0 Å². The topological polar surface area (TPSA) is 26.3 Å². The zero-order valence-electron chi connectivity index (χ0n) is 7.31. The average molecular weight is 389 g/mol. The summed E-state index contributed by atoms with van der Waals surface area (Å²) < 4.78 is 6.40. The van der Waals surface area contributed by atoms with Crippen LogP contribution in [0.5, 0.6) is 0 Å². The molecule has 0 unspecified atom stereocenters. The second-order valence-corrected chi connectivity index (χ2v) is 4.92. The predicted octanol–water partition coefficient (Wildman–Crippen LogP) is 3.42. The number of ether oxygens (including phenoxy) is 1. The van der Waals surface area contributed by atoms with Crippen molar-refractivity contribution in [3.05, 3.63) is 30.8 Å². The molecule has 0 spiro atoms. The molecule has 76 valence electrons. The van der Waals surface area contributed by atoms with Crippen LogP contribution in [0.1, 0.15) is 5.56 Å². The average Bonchev–Trinajstić information content (AvgIpc) is 2.19. The maximum atomic E-state index is 11.0. The molecule has 0 aliphatic rings. The summed E-state index contributed by atoms with van der Waals surface area (Å²) in [5.74, 6) is -0.292. The third-order valence-electron chi connectivity index (χ3n) is 1.68. The lowest BCUT2D eigenvalue weighted by Crippen LogP contribution is -2.05. The molecule has 0 N–H and O–H groups in total. The van der Waals surface area contributed by atoms with Crippen molar-refractivity contribution < 1.29 is 9.53 Å². The lowest BCUT2D eigenvalue weighted by atomic mass is 10.1. The Bertz CT molecular complexity index is 368. The van der Waals surface area contributed by atoms with Crippen molar-refractivity contribution >= 4 is 56.1 Å². The highest BCUT2D eigenvalue weighted by Gasteiger charge is 2.11. The van der Waals surface area contributed by atoms with E-state index in [1.165, 1.54) is 7.11 Å². The van der Waals surface area contributed by atoms with Crippen LogP contribution in [0.2, 0.25) is 5.02 Å². The maximum Gasteiger partial charge on any atom is 0.310 e. The quantitative estimate of drug-likeness (QED) is 0.440. The molecule has 0 saturated heterocycles. The molecule has 0 amide bonds. The molecule has 5 heteroatoms. The van der Waals surface area contributed by atoms with Crippen molar-refractivity contribution in [1.29, 1.82) is 0 Å². The molecule has 14 heavy (non-hydrogen) atoms. The van der Waals surface area contributed by atoms with Gasteiger partial charge >= 0.3 is 5.97 Å². The molecule has 0 aliphatic carbocycles. The zero-order valence-corrected chi connectivity index (χ0v) is 11.8. The summed E-state index contributed by atoms with van der Waals surface area (Å²) in [5.41, 5.74) is 0.769. The number of hydrogen-bond acceptors (Lipinski definition) is 2. The highest BCUT2D eigenvalue weighted by Crippen LogP contribution is 2.31. The summed E-state index contributed by atoms with van der Waals surface area (Å²) in [4.78, 5) is 11.0. The van der Waals surface area contributed by atoms with Crippen LogP contribution in [0.15, 0.2) is 16.6 Å². The molecule has 0 saturated carbocycles. The van der Waals surface area contributed by atoms with E-state index in [0.717, 1.165) is 13.6 Å². The Morgan fingerprint density at radius 3 is 2.86 bits per heavy atom. The Morgan fingerprint density at radius 2 is 2.29 bits per heavy atom. The van der Waals surface area contributed by atoms with Gasteiger partial charge in [-0.3, -0.25) is 4.79 Å². The van der Waals surface area contributed by atoms with Gasteiger partial charge in [0.25, 0.3) is 0 Å². The Balaban J connectivity index is 3.00. The monoisotopic (exact) mass is 388 g/mol. The molecular formula is C9H7BrClIO2. The third-order valence-corrected chi connectivity index (χ3v) is 4.80. The van der Waals surface area contributed by atoms with Crippen LogP contribution in [0.4, 0.5) is 0 Å². The fourth-order valence-corrected chi connectivity index (χ4v) is 2.16. The van der Waals surface area contributed by atoms with Gasteiger partial charge in [-0.1, -0.05) is 17.7 Å². The fraction of sp³-hybridized carbons (Fsp3) is 0.222. The van der Waals surface area contributed by atoms with Crippen molar-refractivity contribution in [1.82, 2.24) is 0 Å². The molecule has 0 aliphatic heterocycles. The van der Waals surface area contributed by atoms with Crippen LogP contribution in [0, 0.1) is 3.57 Å². The molecule has 0 fully saturated rings. The summed E-state index contributed by atoms with van der Waals surface area (Å²) in [6, 6.07) is 3.72. The summed E-state index contributed by atoms with van der Waals surface area (Å²) >= 11 is 11.6. The van der Waals surface area contributed by atoms with E-state index in [4.69, 9.17) is 11.6 Å². The van der Waals surface area contributed by atoms with E-state index < -0.39 is 0 Å². The third kappa shape index (κ3) is 2.84. The van der Waals surface area contributed by atoms with Gasteiger partial charge in [0.05, 0.1) is 18.6 Å². The lowest BCUT2D eigenvalue weighted by molar-refractivity contribution is -0.139. The van der Waals surface area contributed by atoms with Gasteiger partial charge in [0.2, 0.25) is 0 Å². The normalized spacial score (nSPS) is 10.0. The number of carbonyl (C=O) groups excluding carboxylic acids is 1. The first-order valence-electron chi connectivity index (χ1n) is 3.75. The van der Waals surface area contributed by atoms with Crippen LogP contribution in [0.3, 0.4) is 0 Å². The molecule has 0 aromatic heterocycles. The molecule has 1 aromatic rings. The van der Waals surface area contributed by atoms with Gasteiger partial charge in [0.1, 0.15) is 0 Å². The first-order valence-corrected chi connectivity index (χ1v) is 6.00. The van der Waals surface area contributed by atoms with Crippen LogP contribution >= 0.6 is 50.1 Å². The SMILES string of the molecule is COC(=O)Cc1ccc(I)c(Br)c1Cl. The molecular weight excluding hydrogens is 382 g/mol. The smallest absolute Gasteiger partial charge is 0.310 e. The number of esters is 1. The van der Waals surface area contributed by atoms with E-state index in [2.05, 4.69) is 43.3 Å². The Hall–Kier alpha value is 0.190. The van der Waals surface area contributed by atoms with Gasteiger partial charge < -0.3 is 4.74 Å². The Labute approximate surface area is 109 Å². The first kappa shape index (κ1) is 12.3. The van der Waals surface area contributed by atoms with Gasteiger partial charge in [-0.25, -0.2) is 0 Å². The van der Waals surface area contributed by atoms with Gasteiger partial charge in [-0.05, 0) is 50.2 Å². The lowest BCUT2D eigenvalue weighted by Gasteiger charge is -2.06. The van der Waals surface area contributed by atoms with E-state index in [1.54, 1.807) is 0 Å². The standard InChI is InChI=1S/C9H7BrClIO2/c1-14-7(13)4-5-2-3-6(12)8(10)9(5)11/h2-3H,4H2,1H3. The predicted molar refractivity (Wildman–Crippen MR) is 67.6 cm³/mol. The zero-order chi connectivity index (χ0) is 10.7. The maximum absolute atomic E-state index is 11.0. The minimum atomic E-state index is -0.292. The number of rotatable bonds is 2. The number of carbonyl (C=O) groups is 1. The van der Waals surface area contributed by atoms with E-state index in [-0.39, 0.29) is 12.4 Å². The second-order valence-electron chi connectivity index (χ2n) is 2.59. The molecule has 0 radical (unpaired) electrons. The first-order chi connectivity index (χ1) is 6.56. The summed E-state index contributed by atoms with van der Waals surface area (Å²) in [5, 5.41) is 0.572. The van der Waals surface area contributed by atoms with E-state index in [0.29, 0.717) is 5.02 Å². The van der Waals surface area contributed by atoms with Crippen molar-refractivity contribution in [3.8, 4) is 0 Å². The number of methoxy groups -OCH3 is 1. The molecule has 2 nitrogen and oxygen atoms in total. The van der Waals surface area contributed by atoms with Gasteiger partial charge in [0.15, 0.2) is 0 Å². The van der Waals surface area contributed by atoms with Crippen molar-refractivity contribution in [3.63, 3.8) is 0 Å². The molecule has 1 rings (SSSR count). The highest BCUT2D eigenvalue weighted by molar-refractivity contribution is 14.1. The minimum Gasteiger partial charge on any atom is -0.469 e. The van der Waals surface area contributed by atoms with Gasteiger partial charge in [-0.2, -0.15) is 0 Å². The Morgan fingerprint density at radius 1 is 1.64 bits per heavy atom. The van der Waals surface area contributed by atoms with Gasteiger partial charge in [0, 0.05) is 8.04 Å². The van der Waals surface area contributed by atoms with Gasteiger partial charge in [-0.15, -0.1) is 0 Å². The largest absolute Gasteiger partial charge is 0.469 e. The minimum absolute atomic E-state index is 0.199. The van der Waals surface area contributed by atoms with Crippen LogP contribution in [0.25, 0.3) is 0 Å². The number of hydrogen-bond donors (Lipinski definition) is 0. The molecule has 0 bridgehead atoms. The number of halogens is 3. The highest BCUT2D eigenvalue weighted by atomic mass is 127. The Kier molecular flexibility index (Phi) is 4.66. The summed E-state index contributed by atoms with van der Waals surface area (Å²) in [6.45, 7) is 0. The van der Waals surface area contributed by atoms with Crippen LogP contribution in [-0.2, 0) is 16.0 Å². The number of benzene rings is 1. The summed E-state index contributed by atoms with van der Waals surface area (Å²) in [7, 11) is 1.36. The fourth-order valence-electron chi connectivity index (χ4n) is 0.930. The van der Waals surface area contributed by atoms with Crippen LogP contribution < -0.4 is 0 Å². The van der Waals surface area contributed by atoms with E-state index in [1.807, 2.05) is 12.1 Å². The van der Waals surface area contributed by atoms with Crippen LogP contribution in [-0.4, -0.2) is 13.1 Å². The van der Waals surface area contributed by atoms with E-state index in [9.17, 15) is 4.79 Å².